The molecule has 0 aromatic heterocycles. The Morgan fingerprint density at radius 3 is 2.86 bits per heavy atom. The molecule has 0 unspecified atom stereocenters. The lowest BCUT2D eigenvalue weighted by Gasteiger charge is -2.11. The second kappa shape index (κ2) is 13.3. The Morgan fingerprint density at radius 1 is 1.19 bits per heavy atom. The van der Waals surface area contributed by atoms with Crippen molar-refractivity contribution in [3.8, 4) is 0 Å². The molecule has 0 amide bonds. The molecule has 1 rings (SSSR count). The van der Waals surface area contributed by atoms with E-state index in [1.54, 1.807) is 0 Å². The van der Waals surface area contributed by atoms with Crippen molar-refractivity contribution in [3.63, 3.8) is 0 Å². The normalized spacial score (nSPS) is 16.7. The van der Waals surface area contributed by atoms with Gasteiger partial charge in [-0.05, 0) is 19.3 Å². The quantitative estimate of drug-likeness (QED) is 0.324. The standard InChI is InChI=1S/C15H28N2O2S2/c1-2-3-4-9-12-18-14(16)20-21-15-17-11-8-6-5-7-10-13-19-15/h16H,2-13H2,1H3. The van der Waals surface area contributed by atoms with E-state index >= 15 is 0 Å². The van der Waals surface area contributed by atoms with E-state index in [9.17, 15) is 0 Å². The SMILES string of the molecule is CCCCCCOC(=N)SSC1=NCCCCCCCO1. The van der Waals surface area contributed by atoms with Crippen molar-refractivity contribution in [1.29, 1.82) is 5.41 Å². The molecule has 4 nitrogen and oxygen atoms in total. The Hall–Kier alpha value is -0.360. The van der Waals surface area contributed by atoms with Gasteiger partial charge in [-0.2, -0.15) is 0 Å². The molecule has 0 atom stereocenters. The topological polar surface area (TPSA) is 54.7 Å². The van der Waals surface area contributed by atoms with Crippen molar-refractivity contribution in [2.24, 2.45) is 4.99 Å². The number of ether oxygens (including phenoxy) is 2. The Labute approximate surface area is 136 Å². The number of aliphatic imine (C=N–C) groups is 1. The first-order valence-electron chi connectivity index (χ1n) is 8.06. The summed E-state index contributed by atoms with van der Waals surface area (Å²) in [5.74, 6) is 0. The third-order valence-electron chi connectivity index (χ3n) is 3.19. The van der Waals surface area contributed by atoms with Crippen LogP contribution in [0.25, 0.3) is 0 Å². The Bertz CT molecular complexity index is 312. The molecule has 1 N–H and O–H groups in total. The van der Waals surface area contributed by atoms with Crippen LogP contribution in [0.4, 0.5) is 0 Å². The fourth-order valence-corrected chi connectivity index (χ4v) is 3.40. The Morgan fingerprint density at radius 2 is 2.00 bits per heavy atom. The summed E-state index contributed by atoms with van der Waals surface area (Å²) in [5, 5.41) is 8.72. The van der Waals surface area contributed by atoms with Crippen molar-refractivity contribution < 1.29 is 9.47 Å². The van der Waals surface area contributed by atoms with E-state index < -0.39 is 0 Å². The summed E-state index contributed by atoms with van der Waals surface area (Å²) in [4.78, 5) is 4.46. The molecule has 0 spiro atoms. The van der Waals surface area contributed by atoms with E-state index in [4.69, 9.17) is 14.9 Å². The lowest BCUT2D eigenvalue weighted by Crippen LogP contribution is -2.06. The highest BCUT2D eigenvalue weighted by Gasteiger charge is 2.08. The van der Waals surface area contributed by atoms with Gasteiger partial charge >= 0.3 is 0 Å². The smallest absolute Gasteiger partial charge is 0.257 e. The molecule has 1 heterocycles. The van der Waals surface area contributed by atoms with Gasteiger partial charge in [-0.3, -0.25) is 5.41 Å². The minimum atomic E-state index is 0.250. The number of hydrogen-bond donors (Lipinski definition) is 1. The second-order valence-corrected chi connectivity index (χ2v) is 7.18. The molecule has 1 aliphatic rings. The number of rotatable bonds is 5. The maximum atomic E-state index is 7.77. The molecule has 0 saturated heterocycles. The van der Waals surface area contributed by atoms with E-state index in [2.05, 4.69) is 11.9 Å². The number of nitrogens with one attached hydrogen (secondary N) is 1. The van der Waals surface area contributed by atoms with E-state index in [0.717, 1.165) is 32.4 Å². The largest absolute Gasteiger partial charge is 0.473 e. The Kier molecular flexibility index (Phi) is 11.8. The van der Waals surface area contributed by atoms with E-state index in [1.807, 2.05) is 0 Å². The molecule has 0 radical (unpaired) electrons. The molecule has 0 aromatic rings. The fourth-order valence-electron chi connectivity index (χ4n) is 1.96. The van der Waals surface area contributed by atoms with Crippen molar-refractivity contribution >= 4 is 32.0 Å². The van der Waals surface area contributed by atoms with Gasteiger partial charge < -0.3 is 9.47 Å². The highest BCUT2D eigenvalue weighted by atomic mass is 33.1. The fraction of sp³-hybridized carbons (Fsp3) is 0.867. The number of hydrogen-bond acceptors (Lipinski definition) is 6. The average molecular weight is 333 g/mol. The Balaban J connectivity index is 2.15. The first-order valence-corrected chi connectivity index (χ1v) is 10.2. The predicted octanol–water partition coefficient (Wildman–Crippen LogP) is 5.24. The lowest BCUT2D eigenvalue weighted by atomic mass is 10.1. The molecular formula is C15H28N2O2S2. The summed E-state index contributed by atoms with van der Waals surface area (Å²) in [6, 6.07) is 0. The number of nitrogens with zero attached hydrogens (tertiary/aromatic N) is 1. The highest BCUT2D eigenvalue weighted by molar-refractivity contribution is 8.87. The minimum absolute atomic E-state index is 0.250. The number of unbranched alkanes of at least 4 members (excludes halogenated alkanes) is 3. The molecule has 6 heteroatoms. The summed E-state index contributed by atoms with van der Waals surface area (Å²) < 4.78 is 11.1. The summed E-state index contributed by atoms with van der Waals surface area (Å²) in [7, 11) is 2.70. The zero-order valence-corrected chi connectivity index (χ0v) is 14.7. The average Bonchev–Trinajstić information content (AvgIpc) is 2.51. The van der Waals surface area contributed by atoms with Crippen molar-refractivity contribution in [2.75, 3.05) is 19.8 Å². The first kappa shape index (κ1) is 18.7. The molecule has 122 valence electrons. The van der Waals surface area contributed by atoms with Crippen LogP contribution in [0.3, 0.4) is 0 Å². The van der Waals surface area contributed by atoms with Gasteiger partial charge in [0.15, 0.2) is 0 Å². The molecule has 0 aliphatic carbocycles. The summed E-state index contributed by atoms with van der Waals surface area (Å²) in [6.07, 6.45) is 10.7. The van der Waals surface area contributed by atoms with Crippen molar-refractivity contribution in [1.82, 2.24) is 0 Å². The summed E-state index contributed by atoms with van der Waals surface area (Å²) in [6.45, 7) is 4.39. The van der Waals surface area contributed by atoms with Crippen LogP contribution in [0.1, 0.15) is 64.7 Å². The lowest BCUT2D eigenvalue weighted by molar-refractivity contribution is 0.297. The molecule has 0 aromatic carbocycles. The van der Waals surface area contributed by atoms with E-state index in [0.29, 0.717) is 11.8 Å². The van der Waals surface area contributed by atoms with E-state index in [-0.39, 0.29) is 5.23 Å². The van der Waals surface area contributed by atoms with Crippen LogP contribution < -0.4 is 0 Å². The van der Waals surface area contributed by atoms with Crippen LogP contribution in [0, 0.1) is 5.41 Å². The first-order chi connectivity index (χ1) is 10.3. The monoisotopic (exact) mass is 332 g/mol. The maximum absolute atomic E-state index is 7.77. The van der Waals surface area contributed by atoms with Crippen LogP contribution in [0.5, 0.6) is 0 Å². The van der Waals surface area contributed by atoms with Gasteiger partial charge in [0.2, 0.25) is 0 Å². The molecular weight excluding hydrogens is 304 g/mol. The van der Waals surface area contributed by atoms with Crippen LogP contribution in [-0.4, -0.2) is 30.2 Å². The van der Waals surface area contributed by atoms with Gasteiger partial charge in [0.1, 0.15) is 0 Å². The van der Waals surface area contributed by atoms with Gasteiger partial charge in [0.25, 0.3) is 10.5 Å². The van der Waals surface area contributed by atoms with Crippen LogP contribution >= 0.6 is 21.6 Å². The van der Waals surface area contributed by atoms with Gasteiger partial charge in [0.05, 0.1) is 13.2 Å². The van der Waals surface area contributed by atoms with Crippen molar-refractivity contribution in [2.45, 2.75) is 64.7 Å². The van der Waals surface area contributed by atoms with Crippen LogP contribution in [0.2, 0.25) is 0 Å². The molecule has 21 heavy (non-hydrogen) atoms. The minimum Gasteiger partial charge on any atom is -0.473 e. The summed E-state index contributed by atoms with van der Waals surface area (Å²) >= 11 is 0. The third-order valence-corrected chi connectivity index (χ3v) is 5.06. The second-order valence-electron chi connectivity index (χ2n) is 5.13. The zero-order valence-electron chi connectivity index (χ0n) is 13.1. The van der Waals surface area contributed by atoms with Gasteiger partial charge in [-0.1, -0.05) is 45.4 Å². The predicted molar refractivity (Wildman–Crippen MR) is 94.3 cm³/mol. The maximum Gasteiger partial charge on any atom is 0.257 e. The molecule has 0 bridgehead atoms. The van der Waals surface area contributed by atoms with Gasteiger partial charge in [0, 0.05) is 28.1 Å². The van der Waals surface area contributed by atoms with E-state index in [1.165, 1.54) is 60.1 Å². The van der Waals surface area contributed by atoms with Crippen LogP contribution in [0.15, 0.2) is 4.99 Å². The molecule has 0 fully saturated rings. The molecule has 0 saturated carbocycles. The third kappa shape index (κ3) is 10.9. The van der Waals surface area contributed by atoms with Crippen molar-refractivity contribution in [3.05, 3.63) is 0 Å². The van der Waals surface area contributed by atoms with Gasteiger partial charge in [-0.15, -0.1) is 0 Å². The molecule has 1 aliphatic heterocycles. The van der Waals surface area contributed by atoms with Gasteiger partial charge in [-0.25, -0.2) is 4.99 Å². The summed E-state index contributed by atoms with van der Waals surface area (Å²) in [5.41, 5.74) is 0. The highest BCUT2D eigenvalue weighted by Crippen LogP contribution is 2.26. The zero-order chi connectivity index (χ0) is 15.2. The van der Waals surface area contributed by atoms with Crippen LogP contribution in [-0.2, 0) is 9.47 Å².